The molecule has 0 aliphatic carbocycles. The Morgan fingerprint density at radius 1 is 1.25 bits per heavy atom. The molecule has 3 rings (SSSR count). The molecule has 1 N–H and O–H groups in total. The molecule has 1 aromatic carbocycles. The minimum absolute atomic E-state index is 0.107. The molecule has 20 heavy (non-hydrogen) atoms. The smallest absolute Gasteiger partial charge is 0.266 e. The van der Waals surface area contributed by atoms with E-state index in [9.17, 15) is 4.79 Å². The van der Waals surface area contributed by atoms with Gasteiger partial charge in [-0.3, -0.25) is 4.79 Å². The number of piperazine rings is 1. The van der Waals surface area contributed by atoms with Gasteiger partial charge in [-0.05, 0) is 6.92 Å². The van der Waals surface area contributed by atoms with Crippen LogP contribution in [0.25, 0.3) is 11.3 Å². The van der Waals surface area contributed by atoms with Gasteiger partial charge in [0.15, 0.2) is 0 Å². The number of aromatic nitrogens is 1. The van der Waals surface area contributed by atoms with E-state index in [0.29, 0.717) is 0 Å². The summed E-state index contributed by atoms with van der Waals surface area (Å²) in [5, 5.41) is 4.20. The van der Waals surface area contributed by atoms with Gasteiger partial charge in [-0.2, -0.15) is 0 Å². The van der Waals surface area contributed by atoms with Crippen LogP contribution in [0.2, 0.25) is 0 Å². The fourth-order valence-corrected chi connectivity index (χ4v) is 3.28. The molecular weight excluding hydrogens is 270 g/mol. The number of thiazole rings is 1. The first-order valence-corrected chi connectivity index (χ1v) is 7.60. The van der Waals surface area contributed by atoms with Crippen LogP contribution in [0.4, 0.5) is 0 Å². The summed E-state index contributed by atoms with van der Waals surface area (Å²) in [4.78, 5) is 19.9. The standard InChI is InChI=1S/C15H17N3OS/c1-11-17-13(12-5-3-2-4-6-12)14(20-11)15(19)18-9-7-16-8-10-18/h2-6,16H,7-10H2,1H3. The third-order valence-electron chi connectivity index (χ3n) is 3.38. The summed E-state index contributed by atoms with van der Waals surface area (Å²) < 4.78 is 0. The van der Waals surface area contributed by atoms with Crippen LogP contribution in [0.15, 0.2) is 30.3 Å². The predicted octanol–water partition coefficient (Wildman–Crippen LogP) is 2.16. The van der Waals surface area contributed by atoms with Crippen molar-refractivity contribution < 1.29 is 4.79 Å². The van der Waals surface area contributed by atoms with Crippen molar-refractivity contribution in [2.45, 2.75) is 6.92 Å². The van der Waals surface area contributed by atoms with Gasteiger partial charge in [0.2, 0.25) is 0 Å². The number of amides is 1. The predicted molar refractivity (Wildman–Crippen MR) is 81.1 cm³/mol. The number of aryl methyl sites for hydroxylation is 1. The molecule has 1 saturated heterocycles. The highest BCUT2D eigenvalue weighted by atomic mass is 32.1. The van der Waals surface area contributed by atoms with Gasteiger partial charge < -0.3 is 10.2 Å². The zero-order valence-corrected chi connectivity index (χ0v) is 12.2. The van der Waals surface area contributed by atoms with Crippen molar-refractivity contribution in [1.82, 2.24) is 15.2 Å². The first-order chi connectivity index (χ1) is 9.75. The van der Waals surface area contributed by atoms with Crippen LogP contribution in [-0.4, -0.2) is 42.0 Å². The first-order valence-electron chi connectivity index (χ1n) is 6.78. The van der Waals surface area contributed by atoms with Gasteiger partial charge in [0.1, 0.15) is 4.88 Å². The van der Waals surface area contributed by atoms with Crippen LogP contribution in [-0.2, 0) is 0 Å². The van der Waals surface area contributed by atoms with Gasteiger partial charge >= 0.3 is 0 Å². The van der Waals surface area contributed by atoms with Crippen LogP contribution in [0.1, 0.15) is 14.7 Å². The summed E-state index contributed by atoms with van der Waals surface area (Å²) in [5.74, 6) is 0.107. The van der Waals surface area contributed by atoms with Gasteiger partial charge in [-0.25, -0.2) is 4.98 Å². The van der Waals surface area contributed by atoms with E-state index in [1.54, 1.807) is 0 Å². The van der Waals surface area contributed by atoms with E-state index in [1.807, 2.05) is 42.2 Å². The molecule has 0 atom stereocenters. The maximum absolute atomic E-state index is 12.7. The van der Waals surface area contributed by atoms with Crippen LogP contribution in [0, 0.1) is 6.92 Å². The lowest BCUT2D eigenvalue weighted by atomic mass is 10.1. The lowest BCUT2D eigenvalue weighted by molar-refractivity contribution is 0.0741. The maximum Gasteiger partial charge on any atom is 0.266 e. The molecule has 0 bridgehead atoms. The molecule has 4 nitrogen and oxygen atoms in total. The molecular formula is C15H17N3OS. The molecule has 1 aliphatic rings. The maximum atomic E-state index is 12.7. The molecule has 1 amide bonds. The average Bonchev–Trinajstić information content (AvgIpc) is 2.90. The van der Waals surface area contributed by atoms with Crippen molar-refractivity contribution in [3.05, 3.63) is 40.2 Å². The summed E-state index contributed by atoms with van der Waals surface area (Å²) >= 11 is 1.49. The summed E-state index contributed by atoms with van der Waals surface area (Å²) in [6, 6.07) is 9.93. The van der Waals surface area contributed by atoms with E-state index in [2.05, 4.69) is 10.3 Å². The van der Waals surface area contributed by atoms with Crippen molar-refractivity contribution in [3.63, 3.8) is 0 Å². The Morgan fingerprint density at radius 3 is 2.65 bits per heavy atom. The van der Waals surface area contributed by atoms with E-state index in [1.165, 1.54) is 11.3 Å². The van der Waals surface area contributed by atoms with Crippen LogP contribution in [0.5, 0.6) is 0 Å². The van der Waals surface area contributed by atoms with Crippen molar-refractivity contribution in [2.75, 3.05) is 26.2 Å². The third kappa shape index (κ3) is 2.59. The van der Waals surface area contributed by atoms with Crippen LogP contribution >= 0.6 is 11.3 Å². The highest BCUT2D eigenvalue weighted by Crippen LogP contribution is 2.29. The normalized spacial score (nSPS) is 15.3. The van der Waals surface area contributed by atoms with Crippen LogP contribution in [0.3, 0.4) is 0 Å². The van der Waals surface area contributed by atoms with E-state index >= 15 is 0 Å². The second kappa shape index (κ2) is 5.73. The molecule has 104 valence electrons. The number of hydrogen-bond acceptors (Lipinski definition) is 4. The number of hydrogen-bond donors (Lipinski definition) is 1. The number of carbonyl (C=O) groups excluding carboxylic acids is 1. The average molecular weight is 287 g/mol. The van der Waals surface area contributed by atoms with Gasteiger partial charge in [-0.15, -0.1) is 11.3 Å². The molecule has 1 aliphatic heterocycles. The fourth-order valence-electron chi connectivity index (χ4n) is 2.38. The fraction of sp³-hybridized carbons (Fsp3) is 0.333. The summed E-state index contributed by atoms with van der Waals surface area (Å²) in [6.07, 6.45) is 0. The van der Waals surface area contributed by atoms with Crippen molar-refractivity contribution in [2.24, 2.45) is 0 Å². The van der Waals surface area contributed by atoms with E-state index in [4.69, 9.17) is 0 Å². The summed E-state index contributed by atoms with van der Waals surface area (Å²) in [5.41, 5.74) is 1.83. The van der Waals surface area contributed by atoms with Crippen LogP contribution < -0.4 is 5.32 Å². The molecule has 0 saturated carbocycles. The van der Waals surface area contributed by atoms with E-state index in [-0.39, 0.29) is 5.91 Å². The lowest BCUT2D eigenvalue weighted by Crippen LogP contribution is -2.46. The quantitative estimate of drug-likeness (QED) is 0.920. The molecule has 0 spiro atoms. The minimum Gasteiger partial charge on any atom is -0.335 e. The van der Waals surface area contributed by atoms with Gasteiger partial charge in [0.25, 0.3) is 5.91 Å². The molecule has 0 radical (unpaired) electrons. The molecule has 1 aromatic heterocycles. The lowest BCUT2D eigenvalue weighted by Gasteiger charge is -2.27. The molecule has 1 fully saturated rings. The number of carbonyl (C=O) groups is 1. The summed E-state index contributed by atoms with van der Waals surface area (Å²) in [6.45, 7) is 5.22. The van der Waals surface area contributed by atoms with E-state index in [0.717, 1.165) is 47.3 Å². The minimum atomic E-state index is 0.107. The summed E-state index contributed by atoms with van der Waals surface area (Å²) in [7, 11) is 0. The Morgan fingerprint density at radius 2 is 1.95 bits per heavy atom. The number of nitrogens with zero attached hydrogens (tertiary/aromatic N) is 2. The number of nitrogens with one attached hydrogen (secondary N) is 1. The number of benzene rings is 1. The molecule has 2 aromatic rings. The van der Waals surface area contributed by atoms with Crippen molar-refractivity contribution in [3.8, 4) is 11.3 Å². The topological polar surface area (TPSA) is 45.2 Å². The Balaban J connectivity index is 1.95. The Hall–Kier alpha value is -1.72. The largest absolute Gasteiger partial charge is 0.335 e. The van der Waals surface area contributed by atoms with Gasteiger partial charge in [0, 0.05) is 31.7 Å². The monoisotopic (exact) mass is 287 g/mol. The highest BCUT2D eigenvalue weighted by Gasteiger charge is 2.24. The highest BCUT2D eigenvalue weighted by molar-refractivity contribution is 7.14. The second-order valence-corrected chi connectivity index (χ2v) is 6.02. The molecule has 0 unspecified atom stereocenters. The first kappa shape index (κ1) is 13.3. The zero-order valence-electron chi connectivity index (χ0n) is 11.4. The Kier molecular flexibility index (Phi) is 3.80. The van der Waals surface area contributed by atoms with Gasteiger partial charge in [0.05, 0.1) is 10.7 Å². The van der Waals surface area contributed by atoms with Gasteiger partial charge in [-0.1, -0.05) is 30.3 Å². The Labute approximate surface area is 122 Å². The number of rotatable bonds is 2. The third-order valence-corrected chi connectivity index (χ3v) is 4.34. The van der Waals surface area contributed by atoms with E-state index < -0.39 is 0 Å². The molecule has 2 heterocycles. The van der Waals surface area contributed by atoms with Crippen molar-refractivity contribution in [1.29, 1.82) is 0 Å². The Bertz CT molecular complexity index is 603. The molecule has 5 heteroatoms. The van der Waals surface area contributed by atoms with Crippen molar-refractivity contribution >= 4 is 17.2 Å². The zero-order chi connectivity index (χ0) is 13.9. The second-order valence-electron chi connectivity index (χ2n) is 4.82. The SMILES string of the molecule is Cc1nc(-c2ccccc2)c(C(=O)N2CCNCC2)s1.